The van der Waals surface area contributed by atoms with E-state index in [9.17, 15) is 18.0 Å². The van der Waals surface area contributed by atoms with E-state index in [1.165, 1.54) is 6.07 Å². The topological polar surface area (TPSA) is 53.6 Å². The Morgan fingerprint density at radius 2 is 2.00 bits per heavy atom. The van der Waals surface area contributed by atoms with Gasteiger partial charge in [0.1, 0.15) is 5.75 Å². The van der Waals surface area contributed by atoms with Gasteiger partial charge in [-0.1, -0.05) is 24.3 Å². The minimum Gasteiger partial charge on any atom is -0.495 e. The molecule has 162 valence electrons. The summed E-state index contributed by atoms with van der Waals surface area (Å²) in [6.45, 7) is 3.82. The van der Waals surface area contributed by atoms with Gasteiger partial charge in [-0.25, -0.2) is 4.79 Å². The second-order valence-electron chi connectivity index (χ2n) is 7.47. The first kappa shape index (κ1) is 21.8. The number of para-hydroxylation sites is 2. The van der Waals surface area contributed by atoms with Gasteiger partial charge in [0.15, 0.2) is 0 Å². The smallest absolute Gasteiger partial charge is 0.416 e. The lowest BCUT2D eigenvalue weighted by atomic mass is 10.1. The molecule has 3 rings (SSSR count). The molecule has 5 nitrogen and oxygen atoms in total. The molecule has 2 aromatic rings. The van der Waals surface area contributed by atoms with E-state index in [-0.39, 0.29) is 5.92 Å². The van der Waals surface area contributed by atoms with E-state index >= 15 is 0 Å². The molecule has 0 bridgehead atoms. The number of nitrogens with one attached hydrogen (secondary N) is 2. The fourth-order valence-corrected chi connectivity index (χ4v) is 3.66. The Kier molecular flexibility index (Phi) is 6.74. The van der Waals surface area contributed by atoms with E-state index in [1.54, 1.807) is 20.1 Å². The Morgan fingerprint density at radius 3 is 2.73 bits per heavy atom. The van der Waals surface area contributed by atoms with Crippen LogP contribution in [0.4, 0.5) is 23.7 Å². The molecule has 1 aliphatic rings. The second kappa shape index (κ2) is 9.28. The predicted octanol–water partition coefficient (Wildman–Crippen LogP) is 4.60. The summed E-state index contributed by atoms with van der Waals surface area (Å²) >= 11 is 0. The highest BCUT2D eigenvalue weighted by molar-refractivity contribution is 5.74. The summed E-state index contributed by atoms with van der Waals surface area (Å²) in [6, 6.07) is 11.9. The zero-order valence-corrected chi connectivity index (χ0v) is 17.0. The van der Waals surface area contributed by atoms with Gasteiger partial charge in [0.2, 0.25) is 0 Å². The van der Waals surface area contributed by atoms with E-state index in [4.69, 9.17) is 4.74 Å². The third kappa shape index (κ3) is 5.37. The molecule has 2 aromatic carbocycles. The van der Waals surface area contributed by atoms with Crippen molar-refractivity contribution in [3.8, 4) is 5.75 Å². The first-order chi connectivity index (χ1) is 14.3. The summed E-state index contributed by atoms with van der Waals surface area (Å²) in [7, 11) is 1.64. The Morgan fingerprint density at radius 1 is 1.23 bits per heavy atom. The molecule has 2 N–H and O–H groups in total. The number of alkyl halides is 3. The summed E-state index contributed by atoms with van der Waals surface area (Å²) < 4.78 is 44.0. The van der Waals surface area contributed by atoms with Gasteiger partial charge in [-0.3, -0.25) is 0 Å². The quantitative estimate of drug-likeness (QED) is 0.717. The average molecular weight is 421 g/mol. The SMILES string of the molecule is COc1ccccc1N1CCC(CNC(=O)NC(C)c2cccc(C(F)(F)F)c2)C1. The van der Waals surface area contributed by atoms with E-state index in [0.29, 0.717) is 12.1 Å². The molecule has 0 spiro atoms. The Hall–Kier alpha value is -2.90. The third-order valence-electron chi connectivity index (χ3n) is 5.32. The number of carbonyl (C=O) groups is 1. The molecular formula is C22H26F3N3O2. The van der Waals surface area contributed by atoms with Crippen LogP contribution in [0.2, 0.25) is 0 Å². The lowest BCUT2D eigenvalue weighted by Crippen LogP contribution is -2.40. The number of methoxy groups -OCH3 is 1. The number of ether oxygens (including phenoxy) is 1. The van der Waals surface area contributed by atoms with Gasteiger partial charge in [0, 0.05) is 19.6 Å². The van der Waals surface area contributed by atoms with E-state index in [2.05, 4.69) is 15.5 Å². The van der Waals surface area contributed by atoms with Gasteiger partial charge in [0.25, 0.3) is 0 Å². The van der Waals surface area contributed by atoms with E-state index < -0.39 is 23.8 Å². The van der Waals surface area contributed by atoms with Gasteiger partial charge in [-0.05, 0) is 49.1 Å². The van der Waals surface area contributed by atoms with E-state index in [0.717, 1.165) is 43.1 Å². The molecule has 0 aromatic heterocycles. The molecule has 0 saturated carbocycles. The van der Waals surface area contributed by atoms with Crippen LogP contribution in [0.5, 0.6) is 5.75 Å². The number of hydrogen-bond acceptors (Lipinski definition) is 3. The van der Waals surface area contributed by atoms with E-state index in [1.807, 2.05) is 24.3 Å². The molecule has 2 unspecified atom stereocenters. The van der Waals surface area contributed by atoms with Gasteiger partial charge < -0.3 is 20.3 Å². The van der Waals surface area contributed by atoms with Crippen molar-refractivity contribution >= 4 is 11.7 Å². The summed E-state index contributed by atoms with van der Waals surface area (Å²) in [5.41, 5.74) is 0.713. The molecule has 1 fully saturated rings. The van der Waals surface area contributed by atoms with Crippen molar-refractivity contribution in [1.29, 1.82) is 0 Å². The van der Waals surface area contributed by atoms with Crippen LogP contribution in [0.3, 0.4) is 0 Å². The average Bonchev–Trinajstić information content (AvgIpc) is 3.20. The number of hydrogen-bond donors (Lipinski definition) is 2. The highest BCUT2D eigenvalue weighted by atomic mass is 19.4. The van der Waals surface area contributed by atoms with Crippen LogP contribution in [-0.4, -0.2) is 32.8 Å². The number of amides is 2. The number of benzene rings is 2. The van der Waals surface area contributed by atoms with Crippen LogP contribution in [0.1, 0.15) is 30.5 Å². The zero-order valence-electron chi connectivity index (χ0n) is 17.0. The van der Waals surface area contributed by atoms with Crippen molar-refractivity contribution in [2.75, 3.05) is 31.6 Å². The zero-order chi connectivity index (χ0) is 21.7. The molecule has 1 heterocycles. The normalized spacial score (nSPS) is 17.5. The third-order valence-corrected chi connectivity index (χ3v) is 5.32. The highest BCUT2D eigenvalue weighted by Gasteiger charge is 2.31. The standard InChI is InChI=1S/C22H26F3N3O2/c1-15(17-6-5-7-18(12-17)22(23,24)25)27-21(29)26-13-16-10-11-28(14-16)19-8-3-4-9-20(19)30-2/h3-9,12,15-16H,10-11,13-14H2,1-2H3,(H2,26,27,29). The van der Waals surface area contributed by atoms with Crippen LogP contribution in [0, 0.1) is 5.92 Å². The maximum Gasteiger partial charge on any atom is 0.416 e. The summed E-state index contributed by atoms with van der Waals surface area (Å²) in [6.07, 6.45) is -3.48. The van der Waals surface area contributed by atoms with Crippen molar-refractivity contribution in [2.24, 2.45) is 5.92 Å². The molecule has 2 atom stereocenters. The molecule has 0 radical (unpaired) electrons. The van der Waals surface area contributed by atoms with Gasteiger partial charge in [0.05, 0.1) is 24.4 Å². The largest absolute Gasteiger partial charge is 0.495 e. The lowest BCUT2D eigenvalue weighted by Gasteiger charge is -2.21. The van der Waals surface area contributed by atoms with Gasteiger partial charge in [-0.2, -0.15) is 13.2 Å². The van der Waals surface area contributed by atoms with Crippen LogP contribution in [0.25, 0.3) is 0 Å². The van der Waals surface area contributed by atoms with Crippen LogP contribution in [0.15, 0.2) is 48.5 Å². The van der Waals surface area contributed by atoms with Crippen LogP contribution < -0.4 is 20.3 Å². The summed E-state index contributed by atoms with van der Waals surface area (Å²) in [4.78, 5) is 14.5. The van der Waals surface area contributed by atoms with Crippen molar-refractivity contribution < 1.29 is 22.7 Å². The molecule has 1 saturated heterocycles. The minimum absolute atomic E-state index is 0.282. The van der Waals surface area contributed by atoms with Gasteiger partial charge >= 0.3 is 12.2 Å². The minimum atomic E-state index is -4.41. The first-order valence-corrected chi connectivity index (χ1v) is 9.87. The number of carbonyl (C=O) groups excluding carboxylic acids is 1. The number of anilines is 1. The Labute approximate surface area is 174 Å². The predicted molar refractivity (Wildman–Crippen MR) is 110 cm³/mol. The van der Waals surface area contributed by atoms with Crippen molar-refractivity contribution in [2.45, 2.75) is 25.6 Å². The molecule has 1 aliphatic heterocycles. The Balaban J connectivity index is 1.49. The fourth-order valence-electron chi connectivity index (χ4n) is 3.66. The Bertz CT molecular complexity index is 873. The van der Waals surface area contributed by atoms with Crippen LogP contribution >= 0.6 is 0 Å². The first-order valence-electron chi connectivity index (χ1n) is 9.87. The number of urea groups is 1. The van der Waals surface area contributed by atoms with Crippen molar-refractivity contribution in [3.05, 3.63) is 59.7 Å². The van der Waals surface area contributed by atoms with Crippen molar-refractivity contribution in [1.82, 2.24) is 10.6 Å². The number of rotatable bonds is 6. The second-order valence-corrected chi connectivity index (χ2v) is 7.47. The molecule has 8 heteroatoms. The van der Waals surface area contributed by atoms with Crippen LogP contribution in [-0.2, 0) is 6.18 Å². The lowest BCUT2D eigenvalue weighted by molar-refractivity contribution is -0.137. The molecule has 30 heavy (non-hydrogen) atoms. The highest BCUT2D eigenvalue weighted by Crippen LogP contribution is 2.32. The summed E-state index contributed by atoms with van der Waals surface area (Å²) in [5, 5.41) is 5.55. The van der Waals surface area contributed by atoms with Crippen molar-refractivity contribution in [3.63, 3.8) is 0 Å². The maximum atomic E-state index is 12.9. The number of halogens is 3. The molecule has 0 aliphatic carbocycles. The maximum absolute atomic E-state index is 12.9. The monoisotopic (exact) mass is 421 g/mol. The molecule has 2 amide bonds. The van der Waals surface area contributed by atoms with Gasteiger partial charge in [-0.15, -0.1) is 0 Å². The molecular weight excluding hydrogens is 395 g/mol. The number of nitrogens with zero attached hydrogens (tertiary/aromatic N) is 1. The summed E-state index contributed by atoms with van der Waals surface area (Å²) in [5.74, 6) is 1.10. The fraction of sp³-hybridized carbons (Fsp3) is 0.409.